The van der Waals surface area contributed by atoms with Crippen molar-refractivity contribution in [2.24, 2.45) is 5.92 Å². The molecule has 3 aromatic carbocycles. The number of hydrogen-bond donors (Lipinski definition) is 1. The third-order valence-corrected chi connectivity index (χ3v) is 17.6. The molecule has 3 amide bonds. The molecule has 0 saturated carbocycles. The second kappa shape index (κ2) is 17.1. The summed E-state index contributed by atoms with van der Waals surface area (Å²) in [7, 11) is -0.978. The second-order valence-corrected chi connectivity index (χ2v) is 22.4. The summed E-state index contributed by atoms with van der Waals surface area (Å²) in [5.41, 5.74) is 4.71. The van der Waals surface area contributed by atoms with Crippen molar-refractivity contribution < 1.29 is 38.5 Å². The lowest BCUT2D eigenvalue weighted by molar-refractivity contribution is -0.154. The van der Waals surface area contributed by atoms with Gasteiger partial charge in [-0.05, 0) is 87.0 Å². The van der Waals surface area contributed by atoms with Crippen molar-refractivity contribution in [2.45, 2.75) is 116 Å². The number of esters is 1. The molecule has 318 valence electrons. The van der Waals surface area contributed by atoms with Crippen LogP contribution >= 0.6 is 0 Å². The van der Waals surface area contributed by atoms with Gasteiger partial charge in [0.15, 0.2) is 11.8 Å². The van der Waals surface area contributed by atoms with Gasteiger partial charge in [-0.25, -0.2) is 0 Å². The van der Waals surface area contributed by atoms with E-state index in [0.29, 0.717) is 36.4 Å². The van der Waals surface area contributed by atoms with E-state index in [0.717, 1.165) is 40.5 Å². The van der Waals surface area contributed by atoms with Gasteiger partial charge in [0, 0.05) is 37.2 Å². The van der Waals surface area contributed by atoms with E-state index in [-0.39, 0.29) is 48.8 Å². The van der Waals surface area contributed by atoms with Gasteiger partial charge in [-0.2, -0.15) is 0 Å². The monoisotopic (exact) mass is 833 g/mol. The number of aliphatic hydroxyl groups is 1. The van der Waals surface area contributed by atoms with Crippen molar-refractivity contribution in [3.63, 3.8) is 0 Å². The van der Waals surface area contributed by atoms with Crippen molar-refractivity contribution >= 4 is 48.3 Å². The smallest absolute Gasteiger partial charge is 0.304 e. The van der Waals surface area contributed by atoms with Crippen molar-refractivity contribution in [3.8, 4) is 5.75 Å². The number of hydrogen-bond acceptors (Lipinski definition) is 8. The highest BCUT2D eigenvalue weighted by Gasteiger charge is 2.66. The number of carbonyl (C=O) groups is 4. The Morgan fingerprint density at radius 2 is 1.68 bits per heavy atom. The van der Waals surface area contributed by atoms with E-state index in [2.05, 4.69) is 71.1 Å². The van der Waals surface area contributed by atoms with Crippen LogP contribution < -0.4 is 19.7 Å². The zero-order valence-electron chi connectivity index (χ0n) is 36.2. The maximum atomic E-state index is 15.5. The normalized spacial score (nSPS) is 24.9. The molecule has 4 aliphatic rings. The van der Waals surface area contributed by atoms with Crippen molar-refractivity contribution in [1.82, 2.24) is 4.90 Å². The minimum Gasteiger partial charge on any atom is -0.497 e. The van der Waals surface area contributed by atoms with Gasteiger partial charge in [0.2, 0.25) is 11.8 Å². The molecule has 0 aromatic heterocycles. The van der Waals surface area contributed by atoms with Crippen LogP contribution in [-0.2, 0) is 47.2 Å². The molecule has 7 rings (SSSR count). The first-order valence-electron chi connectivity index (χ1n) is 21.1. The van der Waals surface area contributed by atoms with Crippen molar-refractivity contribution in [2.75, 3.05) is 30.1 Å². The van der Waals surface area contributed by atoms with Gasteiger partial charge in [-0.3, -0.25) is 24.1 Å². The van der Waals surface area contributed by atoms with Gasteiger partial charge in [0.1, 0.15) is 5.75 Å². The molecular formula is C48H59N3O8Si. The molecule has 4 aliphatic heterocycles. The summed E-state index contributed by atoms with van der Waals surface area (Å²) in [6, 6.07) is 21.3. The Morgan fingerprint density at radius 1 is 0.967 bits per heavy atom. The van der Waals surface area contributed by atoms with Crippen LogP contribution in [0.15, 0.2) is 90.0 Å². The highest BCUT2D eigenvalue weighted by atomic mass is 28.3. The lowest BCUT2D eigenvalue weighted by Crippen LogP contribution is -2.55. The fourth-order valence-corrected chi connectivity index (χ4v) is 14.1. The SMILES string of the molecule is COc1ccc([Si](C)(C)[C@H]2[C@H](CC(=O)N3Cc4ccccc4C[C@H]3CO)O[C@@]3(C(=O)N(C/C=C(\C)CCC=C(C)C)c4ccc(N5C(=O)CC5OC(C)=O)cc43)[C@@H]2C)cc1. The summed E-state index contributed by atoms with van der Waals surface area (Å²) in [5.74, 6) is -0.686. The predicted octanol–water partition coefficient (Wildman–Crippen LogP) is 6.91. The number of anilines is 2. The first kappa shape index (κ1) is 43.1. The van der Waals surface area contributed by atoms with Gasteiger partial charge in [-0.15, -0.1) is 0 Å². The van der Waals surface area contributed by atoms with Gasteiger partial charge in [0.25, 0.3) is 5.91 Å². The minimum atomic E-state index is -2.62. The van der Waals surface area contributed by atoms with E-state index in [4.69, 9.17) is 14.2 Å². The number of methoxy groups -OCH3 is 1. The molecule has 0 aliphatic carbocycles. The highest BCUT2D eigenvalue weighted by Crippen LogP contribution is 2.60. The second-order valence-electron chi connectivity index (χ2n) is 17.7. The third kappa shape index (κ3) is 7.85. The molecule has 4 heterocycles. The van der Waals surface area contributed by atoms with Gasteiger partial charge in [0.05, 0.1) is 52.5 Å². The lowest BCUT2D eigenvalue weighted by Gasteiger charge is -2.39. The molecule has 3 aromatic rings. The fourth-order valence-electron chi connectivity index (χ4n) is 10.1. The summed E-state index contributed by atoms with van der Waals surface area (Å²) in [6.45, 7) is 14.7. The number of fused-ring (bicyclic) bond motifs is 3. The standard InChI is InChI=1S/C48H59N3O8Si/c1-30(2)12-11-13-31(3)22-23-49-41-21-16-36(51-44(55)27-45(51)58-33(5)53)25-40(41)48(47(49)56)32(4)46(60(7,8)39-19-17-38(57-6)18-20-39)42(59-48)26-43(54)50-28-35-15-10-9-14-34(35)24-37(50)29-52/h9-10,12,14-22,25,32,37,42,45-46,52H,11,13,23-24,26-29H2,1-8H3/b31-22+/t32-,37+,42+,45?,46-,48+/m1/s1. The number of nitrogens with zero attached hydrogens (tertiary/aromatic N) is 3. The first-order valence-corrected chi connectivity index (χ1v) is 24.2. The molecule has 6 atom stereocenters. The number of benzene rings is 3. The Labute approximate surface area is 355 Å². The largest absolute Gasteiger partial charge is 0.497 e. The molecule has 1 unspecified atom stereocenters. The molecule has 0 radical (unpaired) electrons. The number of carbonyl (C=O) groups excluding carboxylic acids is 4. The average molecular weight is 834 g/mol. The first-order chi connectivity index (χ1) is 28.6. The Bertz CT molecular complexity index is 2210. The maximum absolute atomic E-state index is 15.5. The van der Waals surface area contributed by atoms with E-state index in [1.165, 1.54) is 17.4 Å². The van der Waals surface area contributed by atoms with Crippen LogP contribution in [0.4, 0.5) is 11.4 Å². The predicted molar refractivity (Wildman–Crippen MR) is 235 cm³/mol. The van der Waals surface area contributed by atoms with E-state index in [1.807, 2.05) is 42.5 Å². The number of aliphatic hydroxyl groups excluding tert-OH is 1. The number of rotatable bonds is 13. The van der Waals surface area contributed by atoms with Crippen LogP contribution in [0, 0.1) is 5.92 Å². The van der Waals surface area contributed by atoms with E-state index in [9.17, 15) is 19.5 Å². The quantitative estimate of drug-likeness (QED) is 0.0853. The topological polar surface area (TPSA) is 126 Å². The molecule has 11 nitrogen and oxygen atoms in total. The summed E-state index contributed by atoms with van der Waals surface area (Å²) in [4.78, 5) is 60.4. The molecule has 1 N–H and O–H groups in total. The van der Waals surface area contributed by atoms with Crippen LogP contribution in [0.5, 0.6) is 5.75 Å². The molecule has 0 bridgehead atoms. The molecule has 2 saturated heterocycles. The molecular weight excluding hydrogens is 775 g/mol. The number of ether oxygens (including phenoxy) is 3. The highest BCUT2D eigenvalue weighted by molar-refractivity contribution is 6.91. The molecule has 60 heavy (non-hydrogen) atoms. The maximum Gasteiger partial charge on any atom is 0.304 e. The lowest BCUT2D eigenvalue weighted by atomic mass is 9.82. The Kier molecular flexibility index (Phi) is 12.3. The number of allylic oxidation sites excluding steroid dienone is 3. The van der Waals surface area contributed by atoms with Gasteiger partial charge in [-0.1, -0.05) is 84.9 Å². The Balaban J connectivity index is 1.32. The van der Waals surface area contributed by atoms with Crippen molar-refractivity contribution in [1.29, 1.82) is 0 Å². The number of β-lactam (4-membered cyclic amide) rings is 1. The van der Waals surface area contributed by atoms with Crippen LogP contribution in [0.2, 0.25) is 18.6 Å². The van der Waals surface area contributed by atoms with E-state index < -0.39 is 37.9 Å². The van der Waals surface area contributed by atoms with Crippen LogP contribution in [-0.4, -0.2) is 80.4 Å². The van der Waals surface area contributed by atoms with E-state index >= 15 is 4.79 Å². The van der Waals surface area contributed by atoms with Crippen LogP contribution in [0.25, 0.3) is 0 Å². The van der Waals surface area contributed by atoms with Crippen LogP contribution in [0.3, 0.4) is 0 Å². The Hall–Kier alpha value is -5.04. The average Bonchev–Trinajstić information content (AvgIpc) is 3.64. The minimum absolute atomic E-state index is 0.0207. The Morgan fingerprint density at radius 3 is 2.33 bits per heavy atom. The van der Waals surface area contributed by atoms with Gasteiger partial charge < -0.3 is 29.1 Å². The summed E-state index contributed by atoms with van der Waals surface area (Å²) in [6.07, 6.45) is 5.29. The fraction of sp³-hybridized carbons (Fsp3) is 0.458. The molecule has 12 heteroatoms. The summed E-state index contributed by atoms with van der Waals surface area (Å²) in [5, 5.41) is 11.7. The molecule has 2 fully saturated rings. The zero-order valence-corrected chi connectivity index (χ0v) is 37.2. The summed E-state index contributed by atoms with van der Waals surface area (Å²) >= 11 is 0. The summed E-state index contributed by atoms with van der Waals surface area (Å²) < 4.78 is 18.4. The van der Waals surface area contributed by atoms with Crippen molar-refractivity contribution in [3.05, 3.63) is 107 Å². The zero-order chi connectivity index (χ0) is 43.1. The third-order valence-electron chi connectivity index (χ3n) is 13.3. The number of amides is 3. The molecule has 1 spiro atoms. The van der Waals surface area contributed by atoms with Gasteiger partial charge >= 0.3 is 5.97 Å². The van der Waals surface area contributed by atoms with Crippen LogP contribution in [0.1, 0.15) is 77.0 Å². The van der Waals surface area contributed by atoms with E-state index in [1.54, 1.807) is 23.0 Å².